The minimum atomic E-state index is 0.231. The van der Waals surface area contributed by atoms with Gasteiger partial charge in [-0.25, -0.2) is 0 Å². The van der Waals surface area contributed by atoms with Crippen LogP contribution in [0.5, 0.6) is 0 Å². The summed E-state index contributed by atoms with van der Waals surface area (Å²) in [7, 11) is 2.16. The van der Waals surface area contributed by atoms with Gasteiger partial charge in [0.05, 0.1) is 0 Å². The molecule has 1 heterocycles. The number of aliphatic hydroxyl groups is 1. The highest BCUT2D eigenvalue weighted by Gasteiger charge is 2.34. The standard InChI is InChI=1S/C12H26N2O/c1-10-8-13(5)11(6-7-15)9-14(10)12(2,3)4/h10-11,15H,6-9H2,1-5H3. The molecule has 2 unspecified atom stereocenters. The van der Waals surface area contributed by atoms with E-state index in [0.717, 1.165) is 19.5 Å². The van der Waals surface area contributed by atoms with Crippen LogP contribution in [0.3, 0.4) is 0 Å². The zero-order chi connectivity index (χ0) is 11.6. The highest BCUT2D eigenvalue weighted by atomic mass is 16.3. The van der Waals surface area contributed by atoms with E-state index < -0.39 is 0 Å². The Hall–Kier alpha value is -0.120. The lowest BCUT2D eigenvalue weighted by atomic mass is 9.97. The first-order valence-corrected chi connectivity index (χ1v) is 5.94. The summed E-state index contributed by atoms with van der Waals surface area (Å²) in [5.74, 6) is 0. The number of nitrogens with zero attached hydrogens (tertiary/aromatic N) is 2. The summed E-state index contributed by atoms with van der Waals surface area (Å²) < 4.78 is 0. The van der Waals surface area contributed by atoms with Gasteiger partial charge in [0.15, 0.2) is 0 Å². The highest BCUT2D eigenvalue weighted by molar-refractivity contribution is 4.91. The van der Waals surface area contributed by atoms with Gasteiger partial charge in [-0.1, -0.05) is 0 Å². The van der Waals surface area contributed by atoms with Gasteiger partial charge < -0.3 is 10.0 Å². The van der Waals surface area contributed by atoms with Crippen LogP contribution >= 0.6 is 0 Å². The van der Waals surface area contributed by atoms with Crippen molar-refractivity contribution in [3.8, 4) is 0 Å². The third-order valence-corrected chi connectivity index (χ3v) is 3.44. The summed E-state index contributed by atoms with van der Waals surface area (Å²) in [6.45, 7) is 11.6. The molecule has 3 nitrogen and oxygen atoms in total. The first-order chi connectivity index (χ1) is 6.86. The SMILES string of the molecule is CC1CN(C)C(CCO)CN1C(C)(C)C. The molecule has 0 aromatic carbocycles. The molecule has 0 aromatic heterocycles. The Morgan fingerprint density at radius 1 is 1.27 bits per heavy atom. The van der Waals surface area contributed by atoms with E-state index in [1.807, 2.05) is 0 Å². The maximum atomic E-state index is 9.05. The number of likely N-dealkylation sites (N-methyl/N-ethyl adjacent to an activating group) is 1. The van der Waals surface area contributed by atoms with Crippen LogP contribution in [0.4, 0.5) is 0 Å². The average Bonchev–Trinajstić information content (AvgIpc) is 2.07. The Morgan fingerprint density at radius 3 is 2.33 bits per heavy atom. The second-order valence-electron chi connectivity index (χ2n) is 5.78. The predicted molar refractivity (Wildman–Crippen MR) is 64.0 cm³/mol. The van der Waals surface area contributed by atoms with Crippen molar-refractivity contribution in [3.63, 3.8) is 0 Å². The third kappa shape index (κ3) is 3.16. The second kappa shape index (κ2) is 4.81. The molecule has 1 aliphatic rings. The number of piperazine rings is 1. The Bertz CT molecular complexity index is 200. The second-order valence-corrected chi connectivity index (χ2v) is 5.78. The zero-order valence-corrected chi connectivity index (χ0v) is 10.8. The zero-order valence-electron chi connectivity index (χ0n) is 10.8. The molecule has 90 valence electrons. The van der Waals surface area contributed by atoms with Gasteiger partial charge in [-0.2, -0.15) is 0 Å². The van der Waals surface area contributed by atoms with Crippen LogP contribution in [0.2, 0.25) is 0 Å². The average molecular weight is 214 g/mol. The minimum Gasteiger partial charge on any atom is -0.396 e. The third-order valence-electron chi connectivity index (χ3n) is 3.44. The smallest absolute Gasteiger partial charge is 0.0446 e. The molecule has 1 fully saturated rings. The molecule has 0 saturated carbocycles. The Labute approximate surface area is 94.1 Å². The quantitative estimate of drug-likeness (QED) is 0.747. The molecule has 2 atom stereocenters. The molecular formula is C12H26N2O. The van der Waals surface area contributed by atoms with Crippen molar-refractivity contribution in [1.82, 2.24) is 9.80 Å². The van der Waals surface area contributed by atoms with E-state index in [9.17, 15) is 0 Å². The number of hydrogen-bond donors (Lipinski definition) is 1. The fourth-order valence-electron chi connectivity index (χ4n) is 2.61. The van der Waals surface area contributed by atoms with Crippen LogP contribution in [-0.4, -0.2) is 59.3 Å². The van der Waals surface area contributed by atoms with Crippen molar-refractivity contribution in [1.29, 1.82) is 0 Å². The normalized spacial score (nSPS) is 30.8. The van der Waals surface area contributed by atoms with Gasteiger partial charge in [-0.05, 0) is 41.2 Å². The summed E-state index contributed by atoms with van der Waals surface area (Å²) in [4.78, 5) is 4.93. The molecule has 0 spiro atoms. The van der Waals surface area contributed by atoms with Crippen LogP contribution < -0.4 is 0 Å². The maximum absolute atomic E-state index is 9.05. The van der Waals surface area contributed by atoms with Crippen molar-refractivity contribution in [2.24, 2.45) is 0 Å². The molecule has 0 amide bonds. The summed E-state index contributed by atoms with van der Waals surface area (Å²) in [5.41, 5.74) is 0.231. The molecule has 0 bridgehead atoms. The number of aliphatic hydroxyl groups excluding tert-OH is 1. The minimum absolute atomic E-state index is 0.231. The topological polar surface area (TPSA) is 26.7 Å². The van der Waals surface area contributed by atoms with Crippen LogP contribution in [0.25, 0.3) is 0 Å². The predicted octanol–water partition coefficient (Wildman–Crippen LogP) is 1.17. The van der Waals surface area contributed by atoms with Crippen LogP contribution in [0, 0.1) is 0 Å². The Balaban J connectivity index is 2.67. The summed E-state index contributed by atoms with van der Waals surface area (Å²) >= 11 is 0. The molecule has 1 aliphatic heterocycles. The van der Waals surface area contributed by atoms with Gasteiger partial charge in [-0.15, -0.1) is 0 Å². The molecule has 0 radical (unpaired) electrons. The molecule has 1 rings (SSSR count). The highest BCUT2D eigenvalue weighted by Crippen LogP contribution is 2.24. The lowest BCUT2D eigenvalue weighted by Gasteiger charge is -2.49. The van der Waals surface area contributed by atoms with Gasteiger partial charge >= 0.3 is 0 Å². The molecular weight excluding hydrogens is 188 g/mol. The van der Waals surface area contributed by atoms with E-state index in [2.05, 4.69) is 44.5 Å². The lowest BCUT2D eigenvalue weighted by molar-refractivity contribution is -0.0119. The van der Waals surface area contributed by atoms with Gasteiger partial charge in [-0.3, -0.25) is 4.90 Å². The van der Waals surface area contributed by atoms with E-state index in [1.165, 1.54) is 0 Å². The molecule has 3 heteroatoms. The van der Waals surface area contributed by atoms with Gasteiger partial charge in [0.25, 0.3) is 0 Å². The lowest BCUT2D eigenvalue weighted by Crippen LogP contribution is -2.61. The molecule has 15 heavy (non-hydrogen) atoms. The van der Waals surface area contributed by atoms with Gasteiger partial charge in [0.2, 0.25) is 0 Å². The van der Waals surface area contributed by atoms with Crippen molar-refractivity contribution < 1.29 is 5.11 Å². The largest absolute Gasteiger partial charge is 0.396 e. The Kier molecular flexibility index (Phi) is 4.15. The molecule has 1 saturated heterocycles. The van der Waals surface area contributed by atoms with Crippen molar-refractivity contribution >= 4 is 0 Å². The van der Waals surface area contributed by atoms with Crippen LogP contribution in [-0.2, 0) is 0 Å². The van der Waals surface area contributed by atoms with Gasteiger partial charge in [0, 0.05) is 37.3 Å². The van der Waals surface area contributed by atoms with E-state index in [-0.39, 0.29) is 5.54 Å². The van der Waals surface area contributed by atoms with E-state index in [1.54, 1.807) is 0 Å². The first-order valence-electron chi connectivity index (χ1n) is 5.94. The summed E-state index contributed by atoms with van der Waals surface area (Å²) in [5, 5.41) is 9.05. The molecule has 1 N–H and O–H groups in total. The maximum Gasteiger partial charge on any atom is 0.0446 e. The van der Waals surface area contributed by atoms with Crippen molar-refractivity contribution in [2.75, 3.05) is 26.7 Å². The monoisotopic (exact) mass is 214 g/mol. The fraction of sp³-hybridized carbons (Fsp3) is 1.00. The molecule has 0 aromatic rings. The van der Waals surface area contributed by atoms with Crippen molar-refractivity contribution in [2.45, 2.75) is 51.7 Å². The summed E-state index contributed by atoms with van der Waals surface area (Å²) in [6.07, 6.45) is 0.885. The number of rotatable bonds is 2. The van der Waals surface area contributed by atoms with E-state index >= 15 is 0 Å². The Morgan fingerprint density at radius 2 is 1.87 bits per heavy atom. The van der Waals surface area contributed by atoms with E-state index in [0.29, 0.717) is 18.7 Å². The summed E-state index contributed by atoms with van der Waals surface area (Å²) in [6, 6.07) is 1.11. The van der Waals surface area contributed by atoms with E-state index in [4.69, 9.17) is 5.11 Å². The molecule has 0 aliphatic carbocycles. The van der Waals surface area contributed by atoms with Gasteiger partial charge in [0.1, 0.15) is 0 Å². The number of hydrogen-bond acceptors (Lipinski definition) is 3. The fourth-order valence-corrected chi connectivity index (χ4v) is 2.61. The van der Waals surface area contributed by atoms with Crippen LogP contribution in [0.1, 0.15) is 34.1 Å². The van der Waals surface area contributed by atoms with Crippen molar-refractivity contribution in [3.05, 3.63) is 0 Å². The first kappa shape index (κ1) is 12.9. The van der Waals surface area contributed by atoms with Crippen LogP contribution in [0.15, 0.2) is 0 Å².